The van der Waals surface area contributed by atoms with Gasteiger partial charge in [-0.15, -0.1) is 0 Å². The van der Waals surface area contributed by atoms with Crippen LogP contribution in [0, 0.1) is 22.9 Å². The van der Waals surface area contributed by atoms with E-state index in [0.29, 0.717) is 5.69 Å². The number of nitro groups is 1. The number of nitrogens with zero attached hydrogens (tertiary/aromatic N) is 3. The molecule has 0 unspecified atom stereocenters. The molecule has 0 saturated heterocycles. The summed E-state index contributed by atoms with van der Waals surface area (Å²) in [5, 5.41) is 14.6. The first-order valence-corrected chi connectivity index (χ1v) is 8.03. The largest absolute Gasteiger partial charge is 0.273 e. The van der Waals surface area contributed by atoms with Gasteiger partial charge in [-0.3, -0.25) is 30.6 Å². The number of benzene rings is 2. The van der Waals surface area contributed by atoms with Gasteiger partial charge in [0, 0.05) is 17.7 Å². The number of aromatic nitrogens is 2. The van der Waals surface area contributed by atoms with Crippen LogP contribution in [0.1, 0.15) is 26.4 Å². The van der Waals surface area contributed by atoms with Crippen LogP contribution >= 0.6 is 0 Å². The van der Waals surface area contributed by atoms with Crippen LogP contribution in [0.3, 0.4) is 0 Å². The van der Waals surface area contributed by atoms with Gasteiger partial charge in [0.05, 0.1) is 22.4 Å². The second-order valence-electron chi connectivity index (χ2n) is 5.72. The quantitative estimate of drug-likeness (QED) is 0.529. The Kier molecular flexibility index (Phi) is 5.12. The van der Waals surface area contributed by atoms with E-state index in [0.717, 1.165) is 0 Å². The lowest BCUT2D eigenvalue weighted by molar-refractivity contribution is -0.384. The van der Waals surface area contributed by atoms with Crippen molar-refractivity contribution in [2.45, 2.75) is 6.92 Å². The number of rotatable bonds is 4. The fraction of sp³-hybridized carbons (Fsp3) is 0.0556. The van der Waals surface area contributed by atoms with E-state index in [1.54, 1.807) is 19.1 Å². The maximum atomic E-state index is 13.9. The van der Waals surface area contributed by atoms with E-state index in [2.05, 4.69) is 16.0 Å². The first-order valence-electron chi connectivity index (χ1n) is 8.03. The summed E-state index contributed by atoms with van der Waals surface area (Å²) in [6, 6.07) is 10.9. The highest BCUT2D eigenvalue weighted by Crippen LogP contribution is 2.17. The van der Waals surface area contributed by atoms with Gasteiger partial charge in [-0.05, 0) is 31.2 Å². The van der Waals surface area contributed by atoms with Gasteiger partial charge in [0.1, 0.15) is 11.5 Å². The number of halogens is 1. The molecule has 1 aromatic heterocycles. The van der Waals surface area contributed by atoms with Crippen molar-refractivity contribution in [2.24, 2.45) is 0 Å². The number of nitrogens with one attached hydrogen (secondary N) is 2. The van der Waals surface area contributed by atoms with E-state index in [4.69, 9.17) is 0 Å². The molecule has 3 rings (SSSR count). The zero-order valence-electron chi connectivity index (χ0n) is 14.5. The highest BCUT2D eigenvalue weighted by atomic mass is 19.1. The third kappa shape index (κ3) is 3.70. The smallest absolute Gasteiger partial charge is 0.267 e. The number of hydrazine groups is 1. The van der Waals surface area contributed by atoms with E-state index in [1.165, 1.54) is 47.3 Å². The molecule has 2 N–H and O–H groups in total. The van der Waals surface area contributed by atoms with Gasteiger partial charge in [-0.2, -0.15) is 5.10 Å². The van der Waals surface area contributed by atoms with Crippen LogP contribution in [0.2, 0.25) is 0 Å². The maximum absolute atomic E-state index is 13.9. The molecule has 142 valence electrons. The average Bonchev–Trinajstić information content (AvgIpc) is 3.07. The Morgan fingerprint density at radius 2 is 1.71 bits per heavy atom. The van der Waals surface area contributed by atoms with Gasteiger partial charge in [-0.1, -0.05) is 12.1 Å². The fourth-order valence-electron chi connectivity index (χ4n) is 2.49. The summed E-state index contributed by atoms with van der Waals surface area (Å²) in [6.45, 7) is 1.59. The molecule has 0 aliphatic rings. The van der Waals surface area contributed by atoms with Crippen molar-refractivity contribution in [3.8, 4) is 5.69 Å². The summed E-state index contributed by atoms with van der Waals surface area (Å²) < 4.78 is 15.2. The summed E-state index contributed by atoms with van der Waals surface area (Å²) >= 11 is 0. The standard InChI is InChI=1S/C18H14FN5O4/c1-11-14(10-20-23(11)16-5-3-2-4-15(16)19)18(26)22-21-17(25)12-6-8-13(9-7-12)24(27)28/h2-10H,1H3,(H,21,25)(H,22,26). The van der Waals surface area contributed by atoms with Crippen molar-refractivity contribution >= 4 is 17.5 Å². The number of hydrogen-bond acceptors (Lipinski definition) is 5. The van der Waals surface area contributed by atoms with Gasteiger partial charge in [0.25, 0.3) is 17.5 Å². The summed E-state index contributed by atoms with van der Waals surface area (Å²) in [4.78, 5) is 34.4. The fourth-order valence-corrected chi connectivity index (χ4v) is 2.49. The number of para-hydroxylation sites is 1. The Labute approximate surface area is 157 Å². The van der Waals surface area contributed by atoms with Gasteiger partial charge in [-0.25, -0.2) is 9.07 Å². The van der Waals surface area contributed by atoms with Gasteiger partial charge in [0.15, 0.2) is 0 Å². The molecule has 9 nitrogen and oxygen atoms in total. The van der Waals surface area contributed by atoms with Crippen molar-refractivity contribution in [3.05, 3.63) is 87.5 Å². The Hall–Kier alpha value is -4.08. The van der Waals surface area contributed by atoms with Crippen LogP contribution in [0.4, 0.5) is 10.1 Å². The average molecular weight is 383 g/mol. The molecular weight excluding hydrogens is 369 g/mol. The number of carbonyl (C=O) groups excluding carboxylic acids is 2. The monoisotopic (exact) mass is 383 g/mol. The molecule has 0 fully saturated rings. The molecule has 0 spiro atoms. The Balaban J connectivity index is 1.69. The van der Waals surface area contributed by atoms with Crippen LogP contribution < -0.4 is 10.9 Å². The summed E-state index contributed by atoms with van der Waals surface area (Å²) in [7, 11) is 0. The third-order valence-electron chi connectivity index (χ3n) is 3.96. The lowest BCUT2D eigenvalue weighted by Gasteiger charge is -2.08. The van der Waals surface area contributed by atoms with Crippen LogP contribution in [-0.4, -0.2) is 26.5 Å². The van der Waals surface area contributed by atoms with Gasteiger partial charge in [0.2, 0.25) is 0 Å². The van der Waals surface area contributed by atoms with Crippen molar-refractivity contribution in [1.29, 1.82) is 0 Å². The number of non-ortho nitro benzene ring substituents is 1. The first-order chi connectivity index (χ1) is 13.4. The van der Waals surface area contributed by atoms with E-state index in [9.17, 15) is 24.1 Å². The highest BCUT2D eigenvalue weighted by molar-refractivity contribution is 5.99. The molecule has 2 aromatic carbocycles. The Bertz CT molecular complexity index is 1060. The van der Waals surface area contributed by atoms with Crippen LogP contribution in [0.5, 0.6) is 0 Å². The van der Waals surface area contributed by atoms with Gasteiger partial charge < -0.3 is 0 Å². The number of amides is 2. The minimum Gasteiger partial charge on any atom is -0.267 e. The molecule has 0 aliphatic carbocycles. The molecule has 0 aliphatic heterocycles. The number of nitro benzene ring substituents is 1. The predicted molar refractivity (Wildman–Crippen MR) is 96.3 cm³/mol. The molecule has 3 aromatic rings. The number of hydrogen-bond donors (Lipinski definition) is 2. The van der Waals surface area contributed by atoms with E-state index in [1.807, 2.05) is 0 Å². The zero-order chi connectivity index (χ0) is 20.3. The number of carbonyl (C=O) groups is 2. The van der Waals surface area contributed by atoms with Crippen molar-refractivity contribution in [2.75, 3.05) is 0 Å². The van der Waals surface area contributed by atoms with Crippen molar-refractivity contribution in [1.82, 2.24) is 20.6 Å². The molecule has 28 heavy (non-hydrogen) atoms. The van der Waals surface area contributed by atoms with Crippen molar-refractivity contribution in [3.63, 3.8) is 0 Å². The SMILES string of the molecule is Cc1c(C(=O)NNC(=O)c2ccc([N+](=O)[O-])cc2)cnn1-c1ccccc1F. The lowest BCUT2D eigenvalue weighted by Crippen LogP contribution is -2.41. The van der Waals surface area contributed by atoms with Gasteiger partial charge >= 0.3 is 0 Å². The predicted octanol–water partition coefficient (Wildman–Crippen LogP) is 2.30. The summed E-state index contributed by atoms with van der Waals surface area (Å²) in [5.41, 5.74) is 5.14. The summed E-state index contributed by atoms with van der Waals surface area (Å²) in [5.74, 6) is -1.79. The van der Waals surface area contributed by atoms with E-state index in [-0.39, 0.29) is 22.5 Å². The van der Waals surface area contributed by atoms with Crippen LogP contribution in [-0.2, 0) is 0 Å². The van der Waals surface area contributed by atoms with E-state index < -0.39 is 22.6 Å². The molecule has 10 heteroatoms. The zero-order valence-corrected chi connectivity index (χ0v) is 14.5. The summed E-state index contributed by atoms with van der Waals surface area (Å²) in [6.07, 6.45) is 1.26. The Morgan fingerprint density at radius 1 is 1.07 bits per heavy atom. The first kappa shape index (κ1) is 18.7. The molecule has 1 heterocycles. The molecule has 2 amide bonds. The molecule has 0 radical (unpaired) electrons. The van der Waals surface area contributed by atoms with Crippen molar-refractivity contribution < 1.29 is 18.9 Å². The Morgan fingerprint density at radius 3 is 2.36 bits per heavy atom. The molecule has 0 atom stereocenters. The second kappa shape index (κ2) is 7.66. The molecule has 0 saturated carbocycles. The molecule has 0 bridgehead atoms. The second-order valence-corrected chi connectivity index (χ2v) is 5.72. The minimum absolute atomic E-state index is 0.129. The third-order valence-corrected chi connectivity index (χ3v) is 3.96. The van der Waals surface area contributed by atoms with E-state index >= 15 is 0 Å². The normalized spacial score (nSPS) is 10.4. The van der Waals surface area contributed by atoms with Crippen LogP contribution in [0.25, 0.3) is 5.69 Å². The lowest BCUT2D eigenvalue weighted by atomic mass is 10.2. The molecular formula is C18H14FN5O4. The van der Waals surface area contributed by atoms with Crippen LogP contribution in [0.15, 0.2) is 54.7 Å². The minimum atomic E-state index is -0.651. The maximum Gasteiger partial charge on any atom is 0.273 e. The topological polar surface area (TPSA) is 119 Å². The highest BCUT2D eigenvalue weighted by Gasteiger charge is 2.18.